The van der Waals surface area contributed by atoms with Crippen molar-refractivity contribution in [3.8, 4) is 0 Å². The van der Waals surface area contributed by atoms with Gasteiger partial charge in [-0.05, 0) is 41.7 Å². The summed E-state index contributed by atoms with van der Waals surface area (Å²) in [6.45, 7) is 2.23. The molecule has 1 heteroatoms. The lowest BCUT2D eigenvalue weighted by Crippen LogP contribution is -1.93. The number of hydrogen-bond acceptors (Lipinski definition) is 0. The van der Waals surface area contributed by atoms with Crippen LogP contribution in [0.4, 0.5) is 0 Å². The Morgan fingerprint density at radius 1 is 1.38 bits per heavy atom. The second kappa shape index (κ2) is 3.67. The van der Waals surface area contributed by atoms with E-state index in [1.54, 1.807) is 0 Å². The van der Waals surface area contributed by atoms with Gasteiger partial charge in [-0.1, -0.05) is 41.4 Å². The molecule has 1 aromatic carbocycles. The van der Waals surface area contributed by atoms with Gasteiger partial charge in [0.2, 0.25) is 0 Å². The average Bonchev–Trinajstić information content (AvgIpc) is 2.52. The van der Waals surface area contributed by atoms with Crippen LogP contribution in [0.1, 0.15) is 30.0 Å². The van der Waals surface area contributed by atoms with Crippen LogP contribution in [0.15, 0.2) is 22.7 Å². The van der Waals surface area contributed by atoms with Crippen LogP contribution in [0, 0.1) is 0 Å². The SMILES string of the molecule is CCCc1cc(Br)cc2c1CC=C2. The van der Waals surface area contributed by atoms with Crippen LogP contribution in [0.2, 0.25) is 0 Å². The van der Waals surface area contributed by atoms with Crippen LogP contribution in [0.3, 0.4) is 0 Å². The highest BCUT2D eigenvalue weighted by Crippen LogP contribution is 2.28. The molecular formula is C12H13Br. The Hall–Kier alpha value is -0.560. The molecule has 0 heterocycles. The first-order chi connectivity index (χ1) is 6.31. The minimum absolute atomic E-state index is 1.12. The zero-order valence-corrected chi connectivity index (χ0v) is 9.39. The van der Waals surface area contributed by atoms with Crippen molar-refractivity contribution in [2.75, 3.05) is 0 Å². The summed E-state index contributed by atoms with van der Waals surface area (Å²) in [5, 5.41) is 0. The summed E-state index contributed by atoms with van der Waals surface area (Å²) in [5.74, 6) is 0. The maximum Gasteiger partial charge on any atom is 0.0184 e. The van der Waals surface area contributed by atoms with E-state index in [1.165, 1.54) is 34.0 Å². The minimum atomic E-state index is 1.12. The lowest BCUT2D eigenvalue weighted by atomic mass is 9.99. The quantitative estimate of drug-likeness (QED) is 0.730. The number of aryl methyl sites for hydroxylation is 1. The van der Waals surface area contributed by atoms with E-state index in [9.17, 15) is 0 Å². The Bertz CT molecular complexity index is 350. The van der Waals surface area contributed by atoms with Crippen LogP contribution < -0.4 is 0 Å². The molecule has 0 amide bonds. The van der Waals surface area contributed by atoms with E-state index in [4.69, 9.17) is 0 Å². The van der Waals surface area contributed by atoms with Gasteiger partial charge in [-0.15, -0.1) is 0 Å². The van der Waals surface area contributed by atoms with Crippen molar-refractivity contribution in [2.24, 2.45) is 0 Å². The number of hydrogen-bond donors (Lipinski definition) is 0. The molecule has 1 aliphatic carbocycles. The van der Waals surface area contributed by atoms with Gasteiger partial charge in [0, 0.05) is 4.47 Å². The topological polar surface area (TPSA) is 0 Å². The van der Waals surface area contributed by atoms with Gasteiger partial charge < -0.3 is 0 Å². The molecule has 0 saturated carbocycles. The van der Waals surface area contributed by atoms with Crippen molar-refractivity contribution >= 4 is 22.0 Å². The largest absolute Gasteiger partial charge is 0.0795 e. The van der Waals surface area contributed by atoms with Crippen molar-refractivity contribution in [3.05, 3.63) is 39.4 Å². The van der Waals surface area contributed by atoms with Crippen LogP contribution in [-0.4, -0.2) is 0 Å². The number of halogens is 1. The molecule has 0 saturated heterocycles. The van der Waals surface area contributed by atoms with Crippen LogP contribution in [-0.2, 0) is 12.8 Å². The van der Waals surface area contributed by atoms with Gasteiger partial charge in [-0.3, -0.25) is 0 Å². The van der Waals surface area contributed by atoms with E-state index >= 15 is 0 Å². The van der Waals surface area contributed by atoms with E-state index < -0.39 is 0 Å². The molecule has 0 unspecified atom stereocenters. The van der Waals surface area contributed by atoms with Gasteiger partial charge in [-0.2, -0.15) is 0 Å². The molecule has 1 aliphatic rings. The summed E-state index contributed by atoms with van der Waals surface area (Å²) in [7, 11) is 0. The number of benzene rings is 1. The van der Waals surface area contributed by atoms with Crippen molar-refractivity contribution in [1.82, 2.24) is 0 Å². The van der Waals surface area contributed by atoms with E-state index in [1.807, 2.05) is 0 Å². The standard InChI is InChI=1S/C12H13Br/c1-2-4-9-7-11(13)8-10-5-3-6-12(9)10/h3,5,7-8H,2,4,6H2,1H3. The summed E-state index contributed by atoms with van der Waals surface area (Å²) in [5.41, 5.74) is 4.44. The Labute approximate surface area is 87.8 Å². The lowest BCUT2D eigenvalue weighted by Gasteiger charge is -2.08. The molecule has 68 valence electrons. The molecule has 0 bridgehead atoms. The summed E-state index contributed by atoms with van der Waals surface area (Å²) in [6.07, 6.45) is 8.01. The average molecular weight is 237 g/mol. The molecule has 0 nitrogen and oxygen atoms in total. The molecule has 0 aromatic heterocycles. The minimum Gasteiger partial charge on any atom is -0.0795 e. The number of allylic oxidation sites excluding steroid dienone is 1. The summed E-state index contributed by atoms with van der Waals surface area (Å²) in [4.78, 5) is 0. The number of rotatable bonds is 2. The molecule has 0 N–H and O–H groups in total. The zero-order valence-electron chi connectivity index (χ0n) is 7.81. The van der Waals surface area contributed by atoms with Crippen molar-refractivity contribution in [2.45, 2.75) is 26.2 Å². The fourth-order valence-electron chi connectivity index (χ4n) is 1.91. The first-order valence-corrected chi connectivity index (χ1v) is 5.58. The van der Waals surface area contributed by atoms with E-state index in [-0.39, 0.29) is 0 Å². The van der Waals surface area contributed by atoms with Gasteiger partial charge >= 0.3 is 0 Å². The molecule has 0 atom stereocenters. The smallest absolute Gasteiger partial charge is 0.0184 e. The highest BCUT2D eigenvalue weighted by Gasteiger charge is 2.10. The van der Waals surface area contributed by atoms with Gasteiger partial charge in [0.15, 0.2) is 0 Å². The molecular weight excluding hydrogens is 224 g/mol. The first-order valence-electron chi connectivity index (χ1n) is 4.79. The Kier molecular flexibility index (Phi) is 2.54. The van der Waals surface area contributed by atoms with Crippen molar-refractivity contribution in [1.29, 1.82) is 0 Å². The molecule has 0 aliphatic heterocycles. The summed E-state index contributed by atoms with van der Waals surface area (Å²) in [6, 6.07) is 4.47. The van der Waals surface area contributed by atoms with E-state index in [0.717, 1.165) is 6.42 Å². The van der Waals surface area contributed by atoms with Crippen molar-refractivity contribution < 1.29 is 0 Å². The molecule has 0 fully saturated rings. The van der Waals surface area contributed by atoms with Gasteiger partial charge in [0.1, 0.15) is 0 Å². The fourth-order valence-corrected chi connectivity index (χ4v) is 2.43. The zero-order chi connectivity index (χ0) is 9.26. The van der Waals surface area contributed by atoms with E-state index in [2.05, 4.69) is 47.1 Å². The maximum atomic E-state index is 3.55. The summed E-state index contributed by atoms with van der Waals surface area (Å²) >= 11 is 3.55. The van der Waals surface area contributed by atoms with Gasteiger partial charge in [0.25, 0.3) is 0 Å². The second-order valence-corrected chi connectivity index (χ2v) is 4.40. The normalized spacial score (nSPS) is 13.4. The first kappa shape index (κ1) is 9.01. The van der Waals surface area contributed by atoms with Gasteiger partial charge in [-0.25, -0.2) is 0 Å². The predicted octanol–water partition coefficient (Wildman–Crippen LogP) is 3.97. The maximum absolute atomic E-state index is 3.55. The predicted molar refractivity (Wildman–Crippen MR) is 60.9 cm³/mol. The van der Waals surface area contributed by atoms with E-state index in [0.29, 0.717) is 0 Å². The van der Waals surface area contributed by atoms with Crippen LogP contribution >= 0.6 is 15.9 Å². The summed E-state index contributed by atoms with van der Waals surface area (Å²) < 4.78 is 1.21. The third-order valence-corrected chi connectivity index (χ3v) is 2.94. The fraction of sp³-hybridized carbons (Fsp3) is 0.333. The highest BCUT2D eigenvalue weighted by molar-refractivity contribution is 9.10. The van der Waals surface area contributed by atoms with Crippen LogP contribution in [0.5, 0.6) is 0 Å². The Morgan fingerprint density at radius 3 is 3.00 bits per heavy atom. The lowest BCUT2D eigenvalue weighted by molar-refractivity contribution is 0.907. The number of fused-ring (bicyclic) bond motifs is 1. The molecule has 0 radical (unpaired) electrons. The monoisotopic (exact) mass is 236 g/mol. The molecule has 13 heavy (non-hydrogen) atoms. The second-order valence-electron chi connectivity index (χ2n) is 3.49. The van der Waals surface area contributed by atoms with Crippen molar-refractivity contribution in [3.63, 3.8) is 0 Å². The third-order valence-electron chi connectivity index (χ3n) is 2.48. The Balaban J connectivity index is 2.46. The molecule has 0 spiro atoms. The molecule has 1 aromatic rings. The third kappa shape index (κ3) is 1.71. The van der Waals surface area contributed by atoms with Crippen LogP contribution in [0.25, 0.3) is 6.08 Å². The van der Waals surface area contributed by atoms with Gasteiger partial charge in [0.05, 0.1) is 0 Å². The Morgan fingerprint density at radius 2 is 2.23 bits per heavy atom. The molecule has 2 rings (SSSR count). The highest BCUT2D eigenvalue weighted by atomic mass is 79.9.